The number of anilines is 1. The zero-order valence-corrected chi connectivity index (χ0v) is 12.3. The standard InChI is InChI=1S/C18H15ClN2/c19-16-10-14-5-3-8-20-18(14)15(11-16)12-21-9-7-13-4-1-2-6-17(13)21/h1-6,8,10-11H,7,9,12H2. The molecule has 0 radical (unpaired) electrons. The molecule has 0 atom stereocenters. The van der Waals surface area contributed by atoms with Crippen molar-refractivity contribution in [1.82, 2.24) is 4.98 Å². The highest BCUT2D eigenvalue weighted by atomic mass is 35.5. The molecule has 2 nitrogen and oxygen atoms in total. The predicted octanol–water partition coefficient (Wildman–Crippen LogP) is 4.45. The summed E-state index contributed by atoms with van der Waals surface area (Å²) in [4.78, 5) is 6.95. The quantitative estimate of drug-likeness (QED) is 0.694. The van der Waals surface area contributed by atoms with E-state index in [1.807, 2.05) is 24.4 Å². The molecule has 0 N–H and O–H groups in total. The molecule has 0 saturated carbocycles. The molecule has 0 saturated heterocycles. The van der Waals surface area contributed by atoms with Crippen LogP contribution in [0.25, 0.3) is 10.9 Å². The van der Waals surface area contributed by atoms with E-state index in [-0.39, 0.29) is 0 Å². The second kappa shape index (κ2) is 5.05. The van der Waals surface area contributed by atoms with E-state index in [9.17, 15) is 0 Å². The Hall–Kier alpha value is -2.06. The van der Waals surface area contributed by atoms with E-state index >= 15 is 0 Å². The molecule has 0 fully saturated rings. The first kappa shape index (κ1) is 12.7. The van der Waals surface area contributed by atoms with Crippen LogP contribution in [0, 0.1) is 0 Å². The van der Waals surface area contributed by atoms with Crippen molar-refractivity contribution in [2.24, 2.45) is 0 Å². The van der Waals surface area contributed by atoms with Crippen molar-refractivity contribution in [3.63, 3.8) is 0 Å². The first-order valence-corrected chi connectivity index (χ1v) is 7.55. The molecular weight excluding hydrogens is 280 g/mol. The third-order valence-electron chi connectivity index (χ3n) is 4.09. The van der Waals surface area contributed by atoms with Gasteiger partial charge in [-0.1, -0.05) is 35.9 Å². The van der Waals surface area contributed by atoms with Gasteiger partial charge in [-0.15, -0.1) is 0 Å². The number of hydrogen-bond acceptors (Lipinski definition) is 2. The zero-order chi connectivity index (χ0) is 14.2. The molecule has 21 heavy (non-hydrogen) atoms. The summed E-state index contributed by atoms with van der Waals surface area (Å²) in [6.45, 7) is 1.91. The Balaban J connectivity index is 1.76. The number of rotatable bonds is 2. The summed E-state index contributed by atoms with van der Waals surface area (Å²) >= 11 is 6.26. The van der Waals surface area contributed by atoms with E-state index in [4.69, 9.17) is 11.6 Å². The van der Waals surface area contributed by atoms with Gasteiger partial charge < -0.3 is 4.90 Å². The average Bonchev–Trinajstić information content (AvgIpc) is 2.90. The molecule has 1 aromatic heterocycles. The normalized spacial score (nSPS) is 13.7. The van der Waals surface area contributed by atoms with Gasteiger partial charge in [0.2, 0.25) is 0 Å². The number of halogens is 1. The van der Waals surface area contributed by atoms with Crippen LogP contribution in [-0.4, -0.2) is 11.5 Å². The third-order valence-corrected chi connectivity index (χ3v) is 4.31. The Kier molecular flexibility index (Phi) is 3.04. The summed E-state index contributed by atoms with van der Waals surface area (Å²) in [6.07, 6.45) is 2.96. The van der Waals surface area contributed by atoms with Crippen molar-refractivity contribution in [1.29, 1.82) is 0 Å². The van der Waals surface area contributed by atoms with Crippen molar-refractivity contribution in [2.75, 3.05) is 11.4 Å². The maximum Gasteiger partial charge on any atom is 0.0752 e. The molecule has 0 aliphatic carbocycles. The number of para-hydroxylation sites is 1. The first-order valence-electron chi connectivity index (χ1n) is 7.17. The highest BCUT2D eigenvalue weighted by Gasteiger charge is 2.19. The lowest BCUT2D eigenvalue weighted by molar-refractivity contribution is 0.839. The van der Waals surface area contributed by atoms with Crippen molar-refractivity contribution < 1.29 is 0 Å². The van der Waals surface area contributed by atoms with Crippen LogP contribution in [0.15, 0.2) is 54.7 Å². The molecule has 2 aromatic carbocycles. The fraction of sp³-hybridized carbons (Fsp3) is 0.167. The maximum absolute atomic E-state index is 6.26. The van der Waals surface area contributed by atoms with Crippen LogP contribution in [0.5, 0.6) is 0 Å². The molecule has 1 aliphatic rings. The van der Waals surface area contributed by atoms with E-state index in [2.05, 4.69) is 40.2 Å². The topological polar surface area (TPSA) is 16.1 Å². The van der Waals surface area contributed by atoms with Crippen LogP contribution in [0.1, 0.15) is 11.1 Å². The van der Waals surface area contributed by atoms with Crippen LogP contribution in [0.4, 0.5) is 5.69 Å². The highest BCUT2D eigenvalue weighted by Crippen LogP contribution is 2.31. The van der Waals surface area contributed by atoms with Crippen LogP contribution >= 0.6 is 11.6 Å². The number of aromatic nitrogens is 1. The smallest absolute Gasteiger partial charge is 0.0752 e. The van der Waals surface area contributed by atoms with Crippen LogP contribution in [0.2, 0.25) is 5.02 Å². The number of pyridine rings is 1. The van der Waals surface area contributed by atoms with Gasteiger partial charge in [0.15, 0.2) is 0 Å². The Bertz CT molecular complexity index is 813. The number of benzene rings is 2. The fourth-order valence-corrected chi connectivity index (χ4v) is 3.37. The third kappa shape index (κ3) is 2.26. The van der Waals surface area contributed by atoms with Crippen LogP contribution in [-0.2, 0) is 13.0 Å². The molecule has 104 valence electrons. The van der Waals surface area contributed by atoms with E-state index in [1.54, 1.807) is 0 Å². The Morgan fingerprint density at radius 1 is 1.10 bits per heavy atom. The Morgan fingerprint density at radius 2 is 2.00 bits per heavy atom. The molecule has 2 heterocycles. The molecule has 3 heteroatoms. The van der Waals surface area contributed by atoms with Gasteiger partial charge in [0, 0.05) is 35.4 Å². The lowest BCUT2D eigenvalue weighted by Crippen LogP contribution is -2.19. The van der Waals surface area contributed by atoms with Gasteiger partial charge in [0.25, 0.3) is 0 Å². The highest BCUT2D eigenvalue weighted by molar-refractivity contribution is 6.31. The maximum atomic E-state index is 6.26. The van der Waals surface area contributed by atoms with Gasteiger partial charge in [-0.3, -0.25) is 4.98 Å². The summed E-state index contributed by atoms with van der Waals surface area (Å²) in [5.74, 6) is 0. The number of hydrogen-bond donors (Lipinski definition) is 0. The van der Waals surface area contributed by atoms with Gasteiger partial charge in [-0.2, -0.15) is 0 Å². The van der Waals surface area contributed by atoms with Gasteiger partial charge in [-0.05, 0) is 41.8 Å². The largest absolute Gasteiger partial charge is 0.367 e. The van der Waals surface area contributed by atoms with Crippen molar-refractivity contribution in [3.05, 3.63) is 70.9 Å². The lowest BCUT2D eigenvalue weighted by atomic mass is 10.1. The van der Waals surface area contributed by atoms with E-state index in [1.165, 1.54) is 16.8 Å². The second-order valence-corrected chi connectivity index (χ2v) is 5.88. The molecule has 0 bridgehead atoms. The molecule has 0 spiro atoms. The number of fused-ring (bicyclic) bond motifs is 2. The molecule has 3 aromatic rings. The van der Waals surface area contributed by atoms with Gasteiger partial charge >= 0.3 is 0 Å². The molecule has 4 rings (SSSR count). The lowest BCUT2D eigenvalue weighted by Gasteiger charge is -2.20. The Labute approximate surface area is 129 Å². The van der Waals surface area contributed by atoms with Crippen molar-refractivity contribution in [2.45, 2.75) is 13.0 Å². The molecule has 1 aliphatic heterocycles. The first-order chi connectivity index (χ1) is 10.3. The minimum atomic E-state index is 0.776. The van der Waals surface area contributed by atoms with Crippen LogP contribution in [0.3, 0.4) is 0 Å². The summed E-state index contributed by atoms with van der Waals surface area (Å²) in [6, 6.07) is 16.7. The molecule has 0 unspecified atom stereocenters. The molecule has 0 amide bonds. The van der Waals surface area contributed by atoms with Gasteiger partial charge in [0.05, 0.1) is 5.52 Å². The monoisotopic (exact) mass is 294 g/mol. The van der Waals surface area contributed by atoms with E-state index < -0.39 is 0 Å². The predicted molar refractivity (Wildman–Crippen MR) is 87.9 cm³/mol. The zero-order valence-electron chi connectivity index (χ0n) is 11.6. The fourth-order valence-electron chi connectivity index (χ4n) is 3.12. The summed E-state index contributed by atoms with van der Waals surface area (Å²) in [5, 5.41) is 1.88. The van der Waals surface area contributed by atoms with E-state index in [0.29, 0.717) is 0 Å². The Morgan fingerprint density at radius 3 is 2.95 bits per heavy atom. The SMILES string of the molecule is Clc1cc(CN2CCc3ccccc32)c2ncccc2c1. The van der Waals surface area contributed by atoms with Gasteiger partial charge in [0.1, 0.15) is 0 Å². The summed E-state index contributed by atoms with van der Waals surface area (Å²) in [5.41, 5.74) is 5.00. The second-order valence-electron chi connectivity index (χ2n) is 5.44. The molecular formula is C18H15ClN2. The summed E-state index contributed by atoms with van der Waals surface area (Å²) < 4.78 is 0. The van der Waals surface area contributed by atoms with Gasteiger partial charge in [-0.25, -0.2) is 0 Å². The van der Waals surface area contributed by atoms with Crippen molar-refractivity contribution in [3.8, 4) is 0 Å². The van der Waals surface area contributed by atoms with Crippen molar-refractivity contribution >= 4 is 28.2 Å². The van der Waals surface area contributed by atoms with E-state index in [0.717, 1.165) is 35.4 Å². The summed E-state index contributed by atoms with van der Waals surface area (Å²) in [7, 11) is 0. The minimum absolute atomic E-state index is 0.776. The minimum Gasteiger partial charge on any atom is -0.367 e. The number of nitrogens with zero attached hydrogens (tertiary/aromatic N) is 2. The van der Waals surface area contributed by atoms with Crippen LogP contribution < -0.4 is 4.90 Å². The average molecular weight is 295 g/mol.